The average molecular weight is 209 g/mol. The van der Waals surface area contributed by atoms with Crippen molar-refractivity contribution in [3.8, 4) is 0 Å². The molecule has 2 N–H and O–H groups in total. The van der Waals surface area contributed by atoms with Crippen LogP contribution in [0, 0.1) is 0 Å². The summed E-state index contributed by atoms with van der Waals surface area (Å²) >= 11 is 0. The van der Waals surface area contributed by atoms with Crippen molar-refractivity contribution in [3.05, 3.63) is 18.2 Å². The molecule has 2 rings (SSSR count). The number of aromatic nitrogens is 2. The predicted octanol–water partition coefficient (Wildman–Crippen LogP) is 0.781. The third kappa shape index (κ3) is 2.02. The SMILES string of the molecule is CCOC(=O)C(N)c1nccn1C1CC1. The van der Waals surface area contributed by atoms with Crippen LogP contribution in [0.15, 0.2) is 12.4 Å². The van der Waals surface area contributed by atoms with Gasteiger partial charge in [-0.3, -0.25) is 0 Å². The van der Waals surface area contributed by atoms with Crippen molar-refractivity contribution in [2.75, 3.05) is 6.61 Å². The molecule has 5 heteroatoms. The van der Waals surface area contributed by atoms with Gasteiger partial charge in [0.05, 0.1) is 6.61 Å². The van der Waals surface area contributed by atoms with Crippen LogP contribution >= 0.6 is 0 Å². The molecule has 1 aromatic heterocycles. The molecule has 0 saturated heterocycles. The summed E-state index contributed by atoms with van der Waals surface area (Å²) < 4.78 is 6.84. The Bertz CT molecular complexity index is 357. The largest absolute Gasteiger partial charge is 0.464 e. The molecule has 82 valence electrons. The maximum Gasteiger partial charge on any atom is 0.330 e. The van der Waals surface area contributed by atoms with Crippen LogP contribution in [-0.2, 0) is 9.53 Å². The van der Waals surface area contributed by atoms with Crippen molar-refractivity contribution in [2.45, 2.75) is 31.8 Å². The quantitative estimate of drug-likeness (QED) is 0.744. The zero-order valence-corrected chi connectivity index (χ0v) is 8.72. The Balaban J connectivity index is 2.13. The Hall–Kier alpha value is -1.36. The molecule has 1 unspecified atom stereocenters. The van der Waals surface area contributed by atoms with Crippen molar-refractivity contribution in [1.82, 2.24) is 9.55 Å². The number of hydrogen-bond acceptors (Lipinski definition) is 4. The van der Waals surface area contributed by atoms with Gasteiger partial charge in [-0.15, -0.1) is 0 Å². The van der Waals surface area contributed by atoms with Gasteiger partial charge in [-0.1, -0.05) is 0 Å². The molecule has 1 heterocycles. The van der Waals surface area contributed by atoms with Gasteiger partial charge in [0.25, 0.3) is 0 Å². The molecule has 15 heavy (non-hydrogen) atoms. The highest BCUT2D eigenvalue weighted by atomic mass is 16.5. The first-order valence-electron chi connectivity index (χ1n) is 5.19. The van der Waals surface area contributed by atoms with Crippen LogP contribution in [0.3, 0.4) is 0 Å². The van der Waals surface area contributed by atoms with E-state index in [1.54, 1.807) is 13.1 Å². The van der Waals surface area contributed by atoms with Crippen LogP contribution in [0.5, 0.6) is 0 Å². The van der Waals surface area contributed by atoms with E-state index in [9.17, 15) is 4.79 Å². The number of carbonyl (C=O) groups excluding carboxylic acids is 1. The number of hydrogen-bond donors (Lipinski definition) is 1. The summed E-state index contributed by atoms with van der Waals surface area (Å²) in [5.74, 6) is 0.196. The number of rotatable bonds is 4. The predicted molar refractivity (Wildman–Crippen MR) is 54.1 cm³/mol. The van der Waals surface area contributed by atoms with E-state index in [1.165, 1.54) is 0 Å². The minimum atomic E-state index is -0.763. The lowest BCUT2D eigenvalue weighted by molar-refractivity contribution is -0.145. The highest BCUT2D eigenvalue weighted by molar-refractivity contribution is 5.76. The summed E-state index contributed by atoms with van der Waals surface area (Å²) in [6.45, 7) is 2.11. The van der Waals surface area contributed by atoms with Gasteiger partial charge in [-0.2, -0.15) is 0 Å². The number of esters is 1. The summed E-state index contributed by atoms with van der Waals surface area (Å²) in [4.78, 5) is 15.6. The lowest BCUT2D eigenvalue weighted by atomic mass is 10.3. The van der Waals surface area contributed by atoms with Crippen molar-refractivity contribution in [1.29, 1.82) is 0 Å². The molecule has 5 nitrogen and oxygen atoms in total. The molecule has 0 radical (unpaired) electrons. The lowest BCUT2D eigenvalue weighted by Crippen LogP contribution is -2.26. The maximum atomic E-state index is 11.4. The molecule has 0 aliphatic heterocycles. The Kier molecular flexibility index (Phi) is 2.73. The van der Waals surface area contributed by atoms with Gasteiger partial charge in [0.2, 0.25) is 0 Å². The van der Waals surface area contributed by atoms with Crippen LogP contribution < -0.4 is 5.73 Å². The third-order valence-electron chi connectivity index (χ3n) is 2.46. The maximum absolute atomic E-state index is 11.4. The number of nitrogens with zero attached hydrogens (tertiary/aromatic N) is 2. The molecule has 0 spiro atoms. The van der Waals surface area contributed by atoms with Gasteiger partial charge in [0.15, 0.2) is 6.04 Å². The number of nitrogens with two attached hydrogens (primary N) is 1. The fourth-order valence-corrected chi connectivity index (χ4v) is 1.56. The summed E-state index contributed by atoms with van der Waals surface area (Å²) in [5.41, 5.74) is 5.78. The van der Waals surface area contributed by atoms with E-state index in [-0.39, 0.29) is 0 Å². The molecule has 1 saturated carbocycles. The van der Waals surface area contributed by atoms with Gasteiger partial charge < -0.3 is 15.0 Å². The molecule has 1 atom stereocenters. The van der Waals surface area contributed by atoms with Gasteiger partial charge in [-0.25, -0.2) is 9.78 Å². The Labute approximate surface area is 88.2 Å². The smallest absolute Gasteiger partial charge is 0.330 e. The second-order valence-electron chi connectivity index (χ2n) is 3.65. The minimum absolute atomic E-state index is 0.344. The zero-order valence-electron chi connectivity index (χ0n) is 8.72. The highest BCUT2D eigenvalue weighted by Crippen LogP contribution is 2.36. The summed E-state index contributed by atoms with van der Waals surface area (Å²) in [7, 11) is 0. The normalized spacial score (nSPS) is 17.5. The number of ether oxygens (including phenoxy) is 1. The molecular formula is C10H15N3O2. The second-order valence-corrected chi connectivity index (χ2v) is 3.65. The van der Waals surface area contributed by atoms with Gasteiger partial charge in [0, 0.05) is 18.4 Å². The summed E-state index contributed by atoms with van der Waals surface area (Å²) in [6.07, 6.45) is 5.82. The van der Waals surface area contributed by atoms with E-state index in [2.05, 4.69) is 4.98 Å². The molecule has 0 bridgehead atoms. The van der Waals surface area contributed by atoms with Crippen molar-refractivity contribution in [3.63, 3.8) is 0 Å². The molecule has 0 amide bonds. The monoisotopic (exact) mass is 209 g/mol. The first-order valence-corrected chi connectivity index (χ1v) is 5.19. The van der Waals surface area contributed by atoms with Gasteiger partial charge in [-0.05, 0) is 19.8 Å². The number of imidazole rings is 1. The zero-order chi connectivity index (χ0) is 10.8. The molecule has 1 aliphatic rings. The van der Waals surface area contributed by atoms with Crippen molar-refractivity contribution >= 4 is 5.97 Å². The van der Waals surface area contributed by atoms with E-state index in [4.69, 9.17) is 10.5 Å². The standard InChI is InChI=1S/C10H15N3O2/c1-2-15-10(14)8(11)9-12-5-6-13(9)7-3-4-7/h5-8H,2-4,11H2,1H3. The average Bonchev–Trinajstić information content (AvgIpc) is 2.96. The van der Waals surface area contributed by atoms with E-state index in [0.717, 1.165) is 12.8 Å². The molecule has 1 aliphatic carbocycles. The van der Waals surface area contributed by atoms with Crippen LogP contribution in [0.4, 0.5) is 0 Å². The van der Waals surface area contributed by atoms with Gasteiger partial charge in [0.1, 0.15) is 5.82 Å². The third-order valence-corrected chi connectivity index (χ3v) is 2.46. The molecule has 0 aromatic carbocycles. The summed E-state index contributed by atoms with van der Waals surface area (Å²) in [5, 5.41) is 0. The van der Waals surface area contributed by atoms with Crippen LogP contribution in [0.1, 0.15) is 37.7 Å². The Morgan fingerprint density at radius 2 is 2.53 bits per heavy atom. The molecule has 1 fully saturated rings. The van der Waals surface area contributed by atoms with Crippen molar-refractivity contribution < 1.29 is 9.53 Å². The Morgan fingerprint density at radius 3 is 3.13 bits per heavy atom. The first kappa shape index (κ1) is 10.2. The Morgan fingerprint density at radius 1 is 1.80 bits per heavy atom. The lowest BCUT2D eigenvalue weighted by Gasteiger charge is -2.12. The second kappa shape index (κ2) is 4.02. The van der Waals surface area contributed by atoms with E-state index < -0.39 is 12.0 Å². The van der Waals surface area contributed by atoms with E-state index >= 15 is 0 Å². The van der Waals surface area contributed by atoms with Crippen molar-refractivity contribution in [2.24, 2.45) is 5.73 Å². The van der Waals surface area contributed by atoms with E-state index in [0.29, 0.717) is 18.5 Å². The fraction of sp³-hybridized carbons (Fsp3) is 0.600. The number of carbonyl (C=O) groups is 1. The first-order chi connectivity index (χ1) is 7.24. The van der Waals surface area contributed by atoms with Gasteiger partial charge >= 0.3 is 5.97 Å². The van der Waals surface area contributed by atoms with E-state index in [1.807, 2.05) is 10.8 Å². The highest BCUT2D eigenvalue weighted by Gasteiger charge is 2.30. The molecular weight excluding hydrogens is 194 g/mol. The fourth-order valence-electron chi connectivity index (χ4n) is 1.56. The van der Waals surface area contributed by atoms with Crippen LogP contribution in [0.2, 0.25) is 0 Å². The topological polar surface area (TPSA) is 70.1 Å². The van der Waals surface area contributed by atoms with Crippen LogP contribution in [0.25, 0.3) is 0 Å². The molecule has 1 aromatic rings. The summed E-state index contributed by atoms with van der Waals surface area (Å²) in [6, 6.07) is -0.288. The van der Waals surface area contributed by atoms with Crippen LogP contribution in [-0.4, -0.2) is 22.1 Å². The minimum Gasteiger partial charge on any atom is -0.464 e.